The summed E-state index contributed by atoms with van der Waals surface area (Å²) in [5, 5.41) is 0. The minimum atomic E-state index is 0.203. The number of halogens is 1. The van der Waals surface area contributed by atoms with Crippen LogP contribution in [0.1, 0.15) is 33.1 Å². The van der Waals surface area contributed by atoms with E-state index in [-0.39, 0.29) is 5.41 Å². The van der Waals surface area contributed by atoms with Crippen LogP contribution in [-0.2, 0) is 0 Å². The van der Waals surface area contributed by atoms with Crippen LogP contribution in [0.5, 0.6) is 0 Å². The smallest absolute Gasteiger partial charge is 0.0433 e. The van der Waals surface area contributed by atoms with Gasteiger partial charge >= 0.3 is 0 Å². The molecule has 16 heavy (non-hydrogen) atoms. The molecule has 0 bridgehead atoms. The van der Waals surface area contributed by atoms with Crippen LogP contribution in [0.4, 0.5) is 0 Å². The van der Waals surface area contributed by atoms with E-state index in [9.17, 15) is 0 Å². The molecule has 0 aromatic rings. The van der Waals surface area contributed by atoms with Gasteiger partial charge in [0.2, 0.25) is 0 Å². The van der Waals surface area contributed by atoms with Crippen molar-refractivity contribution in [3.63, 3.8) is 0 Å². The van der Waals surface area contributed by atoms with Crippen molar-refractivity contribution in [2.45, 2.75) is 33.1 Å². The highest BCUT2D eigenvalue weighted by molar-refractivity contribution is 6.19. The first kappa shape index (κ1) is 13.6. The maximum Gasteiger partial charge on any atom is 0.0433 e. The van der Waals surface area contributed by atoms with Crippen molar-refractivity contribution in [3.8, 4) is 0 Å². The number of rotatable bonds is 4. The first-order valence-corrected chi connectivity index (χ1v) is 6.50. The molecule has 1 saturated carbocycles. The third kappa shape index (κ3) is 2.60. The van der Waals surface area contributed by atoms with E-state index in [1.165, 1.54) is 17.6 Å². The van der Waals surface area contributed by atoms with Crippen molar-refractivity contribution in [2.75, 3.05) is 5.88 Å². The zero-order chi connectivity index (χ0) is 12.3. The lowest BCUT2D eigenvalue weighted by atomic mass is 9.61. The van der Waals surface area contributed by atoms with Crippen LogP contribution in [0.2, 0.25) is 0 Å². The quantitative estimate of drug-likeness (QED) is 0.479. The zero-order valence-corrected chi connectivity index (χ0v) is 11.3. The predicted octanol–water partition coefficient (Wildman–Crippen LogP) is 4.97. The standard InChI is InChI=1S/C15H23Cl/c1-6-15(5)8-7-13(12(4)10-16)9-14(15)11(2)3/h6,13-14H,1-2,4,7-10H2,3,5H3. The summed E-state index contributed by atoms with van der Waals surface area (Å²) in [6.07, 6.45) is 5.57. The molecule has 90 valence electrons. The molecule has 0 aliphatic heterocycles. The van der Waals surface area contributed by atoms with Crippen molar-refractivity contribution in [3.05, 3.63) is 37.0 Å². The molecule has 0 radical (unpaired) electrons. The van der Waals surface area contributed by atoms with Gasteiger partial charge in [-0.05, 0) is 43.4 Å². The van der Waals surface area contributed by atoms with Crippen molar-refractivity contribution < 1.29 is 0 Å². The zero-order valence-electron chi connectivity index (χ0n) is 10.6. The van der Waals surface area contributed by atoms with Gasteiger partial charge in [-0.25, -0.2) is 0 Å². The van der Waals surface area contributed by atoms with Crippen molar-refractivity contribution in [1.29, 1.82) is 0 Å². The van der Waals surface area contributed by atoms with Gasteiger partial charge in [0.25, 0.3) is 0 Å². The van der Waals surface area contributed by atoms with Gasteiger partial charge in [-0.2, -0.15) is 0 Å². The highest BCUT2D eigenvalue weighted by atomic mass is 35.5. The van der Waals surface area contributed by atoms with E-state index in [0.717, 1.165) is 12.8 Å². The highest BCUT2D eigenvalue weighted by Crippen LogP contribution is 2.48. The molecule has 1 heteroatoms. The summed E-state index contributed by atoms with van der Waals surface area (Å²) in [5.41, 5.74) is 2.64. The van der Waals surface area contributed by atoms with Gasteiger partial charge in [-0.1, -0.05) is 37.3 Å². The molecule has 0 amide bonds. The average Bonchev–Trinajstić information content (AvgIpc) is 2.28. The molecule has 1 rings (SSSR count). The fourth-order valence-corrected chi connectivity index (χ4v) is 3.04. The molecule has 1 fully saturated rings. The van der Waals surface area contributed by atoms with Crippen molar-refractivity contribution in [2.24, 2.45) is 17.3 Å². The van der Waals surface area contributed by atoms with Crippen LogP contribution < -0.4 is 0 Å². The Hall–Kier alpha value is -0.490. The molecule has 0 aromatic carbocycles. The fourth-order valence-electron chi connectivity index (χ4n) is 2.82. The summed E-state index contributed by atoms with van der Waals surface area (Å²) < 4.78 is 0. The maximum atomic E-state index is 5.88. The Kier molecular flexibility index (Phi) is 4.43. The van der Waals surface area contributed by atoms with E-state index in [0.29, 0.717) is 17.7 Å². The number of allylic oxidation sites excluding steroid dienone is 3. The van der Waals surface area contributed by atoms with Gasteiger partial charge < -0.3 is 0 Å². The Morgan fingerprint density at radius 2 is 2.12 bits per heavy atom. The lowest BCUT2D eigenvalue weighted by molar-refractivity contribution is 0.170. The molecule has 0 nitrogen and oxygen atoms in total. The van der Waals surface area contributed by atoms with Crippen molar-refractivity contribution >= 4 is 11.6 Å². The number of alkyl halides is 1. The summed E-state index contributed by atoms with van der Waals surface area (Å²) in [5.74, 6) is 1.66. The Bertz CT molecular complexity index is 303. The Morgan fingerprint density at radius 1 is 1.50 bits per heavy atom. The summed E-state index contributed by atoms with van der Waals surface area (Å²) in [4.78, 5) is 0. The van der Waals surface area contributed by atoms with Crippen LogP contribution >= 0.6 is 11.6 Å². The Labute approximate surface area is 105 Å². The van der Waals surface area contributed by atoms with E-state index in [2.05, 4.69) is 39.7 Å². The minimum absolute atomic E-state index is 0.203. The van der Waals surface area contributed by atoms with Gasteiger partial charge in [-0.15, -0.1) is 18.2 Å². The molecule has 0 saturated heterocycles. The van der Waals surface area contributed by atoms with E-state index in [4.69, 9.17) is 11.6 Å². The van der Waals surface area contributed by atoms with Crippen molar-refractivity contribution in [1.82, 2.24) is 0 Å². The minimum Gasteiger partial charge on any atom is -0.122 e. The van der Waals surface area contributed by atoms with Gasteiger partial charge in [0.1, 0.15) is 0 Å². The van der Waals surface area contributed by atoms with Gasteiger partial charge in [0.15, 0.2) is 0 Å². The summed E-state index contributed by atoms with van der Waals surface area (Å²) in [6, 6.07) is 0. The van der Waals surface area contributed by atoms with Crippen LogP contribution in [0.3, 0.4) is 0 Å². The summed E-state index contributed by atoms with van der Waals surface area (Å²) >= 11 is 5.88. The van der Waals surface area contributed by atoms with E-state index < -0.39 is 0 Å². The lowest BCUT2D eigenvalue weighted by Crippen LogP contribution is -2.34. The second-order valence-electron chi connectivity index (χ2n) is 5.37. The maximum absolute atomic E-state index is 5.88. The second kappa shape index (κ2) is 5.23. The molecule has 0 heterocycles. The Balaban J connectivity index is 2.85. The van der Waals surface area contributed by atoms with E-state index in [1.807, 2.05) is 0 Å². The molecule has 0 spiro atoms. The third-order valence-corrected chi connectivity index (χ3v) is 4.50. The first-order chi connectivity index (χ1) is 7.44. The van der Waals surface area contributed by atoms with Crippen LogP contribution in [-0.4, -0.2) is 5.88 Å². The second-order valence-corrected chi connectivity index (χ2v) is 5.64. The molecule has 3 atom stereocenters. The SMILES string of the molecule is C=CC1(C)CCC(C(=C)CCl)CC1C(=C)C. The lowest BCUT2D eigenvalue weighted by Gasteiger charge is -2.43. The molecule has 0 N–H and O–H groups in total. The predicted molar refractivity (Wildman–Crippen MR) is 73.8 cm³/mol. The fraction of sp³-hybridized carbons (Fsp3) is 0.600. The topological polar surface area (TPSA) is 0 Å². The molecule has 1 aliphatic carbocycles. The van der Waals surface area contributed by atoms with Crippen LogP contribution in [0.25, 0.3) is 0 Å². The van der Waals surface area contributed by atoms with Gasteiger partial charge in [0.05, 0.1) is 0 Å². The van der Waals surface area contributed by atoms with Gasteiger partial charge in [0, 0.05) is 5.88 Å². The average molecular weight is 239 g/mol. The summed E-state index contributed by atoms with van der Waals surface area (Å²) in [7, 11) is 0. The normalized spacial score (nSPS) is 34.4. The van der Waals surface area contributed by atoms with E-state index in [1.54, 1.807) is 0 Å². The number of hydrogen-bond donors (Lipinski definition) is 0. The first-order valence-electron chi connectivity index (χ1n) is 5.97. The molecule has 1 aliphatic rings. The van der Waals surface area contributed by atoms with E-state index >= 15 is 0 Å². The monoisotopic (exact) mass is 238 g/mol. The third-order valence-electron chi connectivity index (χ3n) is 4.16. The Morgan fingerprint density at radius 3 is 2.56 bits per heavy atom. The molecular formula is C15H23Cl. The molecule has 3 unspecified atom stereocenters. The largest absolute Gasteiger partial charge is 0.122 e. The van der Waals surface area contributed by atoms with Crippen LogP contribution in [0, 0.1) is 17.3 Å². The summed E-state index contributed by atoms with van der Waals surface area (Å²) in [6.45, 7) is 16.6. The van der Waals surface area contributed by atoms with Crippen LogP contribution in [0.15, 0.2) is 37.0 Å². The molecular weight excluding hydrogens is 216 g/mol. The highest BCUT2D eigenvalue weighted by Gasteiger charge is 2.38. The molecule has 0 aromatic heterocycles. The van der Waals surface area contributed by atoms with Gasteiger partial charge in [-0.3, -0.25) is 0 Å². The number of hydrogen-bond acceptors (Lipinski definition) is 0.